The van der Waals surface area contributed by atoms with E-state index in [-0.39, 0.29) is 12.0 Å². The molecule has 0 fully saturated rings. The molecule has 0 unspecified atom stereocenters. The first-order chi connectivity index (χ1) is 17.4. The van der Waals surface area contributed by atoms with Crippen molar-refractivity contribution in [3.8, 4) is 5.75 Å². The average Bonchev–Trinajstić information content (AvgIpc) is 3.26. The highest BCUT2D eigenvalue weighted by Gasteiger charge is 2.15. The number of H-pyrrole nitrogens is 1. The number of benzene rings is 3. The molecule has 1 heterocycles. The van der Waals surface area contributed by atoms with Gasteiger partial charge in [-0.25, -0.2) is 0 Å². The molecule has 3 aromatic carbocycles. The number of fused-ring (bicyclic) bond motifs is 1. The minimum atomic E-state index is -0.207. The van der Waals surface area contributed by atoms with Crippen LogP contribution in [0.3, 0.4) is 0 Å². The van der Waals surface area contributed by atoms with E-state index < -0.39 is 0 Å². The third kappa shape index (κ3) is 6.45. The van der Waals surface area contributed by atoms with Crippen LogP contribution in [0.2, 0.25) is 0 Å². The molecule has 0 saturated heterocycles. The molecule has 1 atom stereocenters. The summed E-state index contributed by atoms with van der Waals surface area (Å²) in [5, 5.41) is 14.6. The van der Waals surface area contributed by atoms with E-state index in [0.717, 1.165) is 53.7 Å². The van der Waals surface area contributed by atoms with Gasteiger partial charge in [-0.3, -0.25) is 9.89 Å². The fraction of sp³-hybridized carbons (Fsp3) is 0.333. The number of hydrogen-bond donors (Lipinski definition) is 3. The smallest absolute Gasteiger partial charge is 0.256 e. The van der Waals surface area contributed by atoms with E-state index in [9.17, 15) is 4.79 Å². The zero-order chi connectivity index (χ0) is 25.5. The fourth-order valence-electron chi connectivity index (χ4n) is 4.30. The monoisotopic (exact) mass is 484 g/mol. The molecule has 0 bridgehead atoms. The van der Waals surface area contributed by atoms with Crippen molar-refractivity contribution >= 4 is 34.0 Å². The van der Waals surface area contributed by atoms with Gasteiger partial charge in [0, 0.05) is 22.3 Å². The molecule has 0 aliphatic rings. The predicted molar refractivity (Wildman–Crippen MR) is 148 cm³/mol. The third-order valence-corrected chi connectivity index (χ3v) is 6.25. The van der Waals surface area contributed by atoms with Gasteiger partial charge in [-0.15, -0.1) is 0 Å². The van der Waals surface area contributed by atoms with Crippen LogP contribution in [-0.4, -0.2) is 22.2 Å². The Morgan fingerprint density at radius 3 is 2.56 bits per heavy atom. The van der Waals surface area contributed by atoms with Crippen molar-refractivity contribution in [1.29, 1.82) is 0 Å². The lowest BCUT2D eigenvalue weighted by molar-refractivity contribution is 0.102. The largest absolute Gasteiger partial charge is 0.490 e. The molecule has 3 N–H and O–H groups in total. The first-order valence-corrected chi connectivity index (χ1v) is 12.8. The summed E-state index contributed by atoms with van der Waals surface area (Å²) in [4.78, 5) is 12.9. The summed E-state index contributed by atoms with van der Waals surface area (Å²) in [6.45, 7) is 8.70. The van der Waals surface area contributed by atoms with Gasteiger partial charge < -0.3 is 15.4 Å². The normalized spacial score (nSPS) is 12.0. The molecule has 188 valence electrons. The van der Waals surface area contributed by atoms with Crippen LogP contribution in [0.15, 0.2) is 66.7 Å². The maximum Gasteiger partial charge on any atom is 0.256 e. The first-order valence-electron chi connectivity index (χ1n) is 12.8. The van der Waals surface area contributed by atoms with Gasteiger partial charge in [0.15, 0.2) is 5.82 Å². The minimum absolute atomic E-state index is 0.199. The molecule has 6 heteroatoms. The topological polar surface area (TPSA) is 79.0 Å². The van der Waals surface area contributed by atoms with Crippen molar-refractivity contribution in [1.82, 2.24) is 10.2 Å². The Hall–Kier alpha value is -3.80. The van der Waals surface area contributed by atoms with Crippen molar-refractivity contribution in [3.63, 3.8) is 0 Å². The van der Waals surface area contributed by atoms with Gasteiger partial charge in [0.05, 0.1) is 11.6 Å². The number of amides is 1. The van der Waals surface area contributed by atoms with Crippen LogP contribution in [0.1, 0.15) is 62.4 Å². The second-order valence-corrected chi connectivity index (χ2v) is 9.76. The lowest BCUT2D eigenvalue weighted by atomic mass is 10.0. The zero-order valence-electron chi connectivity index (χ0n) is 21.6. The van der Waals surface area contributed by atoms with Crippen molar-refractivity contribution in [2.24, 2.45) is 5.92 Å². The summed E-state index contributed by atoms with van der Waals surface area (Å²) in [5.74, 6) is 1.68. The highest BCUT2D eigenvalue weighted by atomic mass is 16.5. The maximum atomic E-state index is 12.9. The number of carbonyl (C=O) groups excluding carboxylic acids is 1. The summed E-state index contributed by atoms with van der Waals surface area (Å²) >= 11 is 0. The average molecular weight is 485 g/mol. The zero-order valence-corrected chi connectivity index (χ0v) is 21.6. The molecule has 0 saturated carbocycles. The number of para-hydroxylation sites is 1. The van der Waals surface area contributed by atoms with Gasteiger partial charge in [-0.1, -0.05) is 51.8 Å². The van der Waals surface area contributed by atoms with E-state index in [0.29, 0.717) is 17.3 Å². The van der Waals surface area contributed by atoms with E-state index in [2.05, 4.69) is 54.6 Å². The second-order valence-electron chi connectivity index (χ2n) is 9.76. The van der Waals surface area contributed by atoms with Crippen LogP contribution in [0, 0.1) is 12.8 Å². The van der Waals surface area contributed by atoms with Crippen molar-refractivity contribution in [2.75, 3.05) is 10.6 Å². The Bertz CT molecular complexity index is 1290. The van der Waals surface area contributed by atoms with Crippen LogP contribution in [-0.2, 0) is 0 Å². The molecule has 1 aromatic heterocycles. The first kappa shape index (κ1) is 25.3. The van der Waals surface area contributed by atoms with E-state index in [1.165, 1.54) is 5.56 Å². The summed E-state index contributed by atoms with van der Waals surface area (Å²) in [6.07, 6.45) is 4.58. The molecule has 4 aromatic rings. The molecule has 1 amide bonds. The summed E-state index contributed by atoms with van der Waals surface area (Å²) in [5.41, 5.74) is 4.58. The Morgan fingerprint density at radius 2 is 1.83 bits per heavy atom. The second kappa shape index (κ2) is 11.8. The van der Waals surface area contributed by atoms with Crippen LogP contribution in [0.5, 0.6) is 5.75 Å². The van der Waals surface area contributed by atoms with Crippen LogP contribution in [0.4, 0.5) is 17.2 Å². The van der Waals surface area contributed by atoms with Gasteiger partial charge in [0.2, 0.25) is 0 Å². The predicted octanol–water partition coefficient (Wildman–Crippen LogP) is 7.85. The molecular weight excluding hydrogens is 448 g/mol. The third-order valence-electron chi connectivity index (χ3n) is 6.25. The molecular formula is C30H36N4O2. The number of unbranched alkanes of at least 4 members (excludes halogenated alkanes) is 1. The van der Waals surface area contributed by atoms with Crippen molar-refractivity contribution < 1.29 is 9.53 Å². The number of ether oxygens (including phenoxy) is 1. The molecule has 0 radical (unpaired) electrons. The van der Waals surface area contributed by atoms with Crippen LogP contribution < -0.4 is 15.4 Å². The number of nitrogens with zero attached hydrogens (tertiary/aromatic N) is 1. The van der Waals surface area contributed by atoms with E-state index >= 15 is 0 Å². The number of rotatable bonds is 11. The van der Waals surface area contributed by atoms with Gasteiger partial charge in [-0.05, 0) is 79.8 Å². The summed E-state index contributed by atoms with van der Waals surface area (Å²) in [7, 11) is 0. The number of anilines is 3. The molecule has 0 aliphatic heterocycles. The van der Waals surface area contributed by atoms with Crippen molar-refractivity contribution in [2.45, 2.75) is 59.5 Å². The Labute approximate surface area is 213 Å². The standard InChI is InChI=1S/C30H36N4O2/c1-5-6-10-25(18-20(2)3)36-24-15-12-22(13-16-24)30(35)32-29-26-17-14-23(19-28(26)33-34-29)31-27-11-8-7-9-21(27)4/h7-9,11-17,19-20,25,31H,5-6,10,18H2,1-4H3,(H2,32,33,34,35)/t25-/m1/s1. The number of carbonyl (C=O) groups is 1. The SMILES string of the molecule is CCCC[C@H](CC(C)C)Oc1ccc(C(=O)Nc2n[nH]c3cc(Nc4ccccc4C)ccc23)cc1. The highest BCUT2D eigenvalue weighted by Crippen LogP contribution is 2.27. The number of hydrogen-bond acceptors (Lipinski definition) is 4. The number of nitrogens with one attached hydrogen (secondary N) is 3. The molecule has 6 nitrogen and oxygen atoms in total. The van der Waals surface area contributed by atoms with E-state index in [4.69, 9.17) is 4.74 Å². The summed E-state index contributed by atoms with van der Waals surface area (Å²) in [6, 6.07) is 21.4. The van der Waals surface area contributed by atoms with Crippen molar-refractivity contribution in [3.05, 3.63) is 77.9 Å². The van der Waals surface area contributed by atoms with E-state index in [1.54, 1.807) is 12.1 Å². The molecule has 0 spiro atoms. The number of aryl methyl sites for hydroxylation is 1. The van der Waals surface area contributed by atoms with Crippen LogP contribution >= 0.6 is 0 Å². The highest BCUT2D eigenvalue weighted by molar-refractivity contribution is 6.08. The lowest BCUT2D eigenvalue weighted by Crippen LogP contribution is -2.19. The molecule has 0 aliphatic carbocycles. The van der Waals surface area contributed by atoms with Gasteiger partial charge in [-0.2, -0.15) is 5.10 Å². The minimum Gasteiger partial charge on any atom is -0.490 e. The number of aromatic nitrogens is 2. The Balaban J connectivity index is 1.41. The Morgan fingerprint density at radius 1 is 1.06 bits per heavy atom. The summed E-state index contributed by atoms with van der Waals surface area (Å²) < 4.78 is 6.23. The fourth-order valence-corrected chi connectivity index (χ4v) is 4.30. The Kier molecular flexibility index (Phi) is 8.26. The van der Waals surface area contributed by atoms with Gasteiger partial charge in [0.1, 0.15) is 5.75 Å². The van der Waals surface area contributed by atoms with E-state index in [1.807, 2.05) is 48.5 Å². The van der Waals surface area contributed by atoms with Crippen LogP contribution in [0.25, 0.3) is 10.9 Å². The van der Waals surface area contributed by atoms with Gasteiger partial charge in [0.25, 0.3) is 5.91 Å². The maximum absolute atomic E-state index is 12.9. The molecule has 4 rings (SSSR count). The van der Waals surface area contributed by atoms with Gasteiger partial charge >= 0.3 is 0 Å². The number of aromatic amines is 1. The lowest BCUT2D eigenvalue weighted by Gasteiger charge is -2.21. The molecule has 36 heavy (non-hydrogen) atoms. The quantitative estimate of drug-likeness (QED) is 0.202.